The Bertz CT molecular complexity index is 4160. The van der Waals surface area contributed by atoms with Gasteiger partial charge in [-0.3, -0.25) is 0 Å². The van der Waals surface area contributed by atoms with Crippen LogP contribution in [0.5, 0.6) is 0 Å². The van der Waals surface area contributed by atoms with E-state index < -0.39 is 29.6 Å². The molecule has 0 bridgehead atoms. The maximum Gasteiger partial charge on any atom is 0.0714 e. The molecule has 0 amide bonds. The maximum atomic E-state index is 10.3. The molecular weight excluding hydrogens is 817 g/mol. The van der Waals surface area contributed by atoms with Crippen LogP contribution < -0.4 is 9.80 Å². The van der Waals surface area contributed by atoms with Gasteiger partial charge in [0.25, 0.3) is 0 Å². The van der Waals surface area contributed by atoms with Gasteiger partial charge in [-0.25, -0.2) is 0 Å². The second-order valence-electron chi connectivity index (χ2n) is 16.7. The molecule has 12 aromatic rings. The van der Waals surface area contributed by atoms with Crippen LogP contribution in [0.4, 0.5) is 34.1 Å². The molecule has 0 fully saturated rings. The van der Waals surface area contributed by atoms with Gasteiger partial charge in [-0.05, 0) is 134 Å². The maximum absolute atomic E-state index is 10.3. The summed E-state index contributed by atoms with van der Waals surface area (Å²) in [6.45, 7) is 0. The number of para-hydroxylation sites is 3. The van der Waals surface area contributed by atoms with E-state index in [1.54, 1.807) is 11.3 Å². The van der Waals surface area contributed by atoms with Crippen LogP contribution in [0.1, 0.15) is 31.8 Å². The number of benzene rings is 11. The third-order valence-corrected chi connectivity index (χ3v) is 14.2. The van der Waals surface area contributed by atoms with Crippen molar-refractivity contribution in [3.63, 3.8) is 0 Å². The number of rotatable bonds is 8. The monoisotopic (exact) mass is 865 g/mol. The summed E-state index contributed by atoms with van der Waals surface area (Å²) in [5.41, 5.74) is 8.38. The molecule has 66 heavy (non-hydrogen) atoms. The fourth-order valence-corrected chi connectivity index (χ4v) is 11.4. The third kappa shape index (κ3) is 6.01. The molecular formula is C63H42N2S. The quantitative estimate of drug-likeness (QED) is 0.150. The molecule has 0 radical (unpaired) electrons. The van der Waals surface area contributed by atoms with Gasteiger partial charge in [0.05, 0.1) is 20.7 Å². The van der Waals surface area contributed by atoms with Gasteiger partial charge < -0.3 is 9.80 Å². The van der Waals surface area contributed by atoms with Crippen molar-refractivity contribution in [3.8, 4) is 11.1 Å². The molecule has 310 valence electrons. The van der Waals surface area contributed by atoms with Crippen molar-refractivity contribution in [3.05, 3.63) is 277 Å². The molecule has 1 aliphatic rings. The Hall–Kier alpha value is -8.24. The Morgan fingerprint density at radius 2 is 0.924 bits per heavy atom. The van der Waals surface area contributed by atoms with E-state index in [0.29, 0.717) is 0 Å². The zero-order valence-electron chi connectivity index (χ0n) is 42.5. The fraction of sp³-hybridized carbons (Fsp3) is 0.0159. The molecule has 0 saturated heterocycles. The van der Waals surface area contributed by atoms with Crippen molar-refractivity contribution in [1.29, 1.82) is 0 Å². The average molecular weight is 866 g/mol. The van der Waals surface area contributed by atoms with E-state index in [-0.39, 0.29) is 34.5 Å². The first-order valence-corrected chi connectivity index (χ1v) is 22.9. The summed E-state index contributed by atoms with van der Waals surface area (Å²) < 4.78 is 68.1. The lowest BCUT2D eigenvalue weighted by molar-refractivity contribution is 0.771. The van der Waals surface area contributed by atoms with Crippen LogP contribution in [-0.2, 0) is 5.41 Å². The molecule has 2 nitrogen and oxygen atoms in total. The van der Waals surface area contributed by atoms with Gasteiger partial charge in [-0.15, -0.1) is 11.3 Å². The lowest BCUT2D eigenvalue weighted by atomic mass is 9.67. The van der Waals surface area contributed by atoms with Crippen molar-refractivity contribution in [2.45, 2.75) is 5.41 Å². The first-order chi connectivity index (χ1) is 35.6. The Morgan fingerprint density at radius 1 is 0.364 bits per heavy atom. The van der Waals surface area contributed by atoms with Crippen molar-refractivity contribution in [1.82, 2.24) is 0 Å². The van der Waals surface area contributed by atoms with Crippen molar-refractivity contribution in [2.24, 2.45) is 0 Å². The number of thiophene rings is 1. The van der Waals surface area contributed by atoms with Crippen molar-refractivity contribution >= 4 is 87.2 Å². The van der Waals surface area contributed by atoms with Gasteiger partial charge >= 0.3 is 0 Å². The molecule has 1 atom stereocenters. The van der Waals surface area contributed by atoms with Gasteiger partial charge in [0, 0.05) is 54.0 Å². The van der Waals surface area contributed by atoms with Crippen LogP contribution in [0.25, 0.3) is 52.8 Å². The average Bonchev–Trinajstić information content (AvgIpc) is 3.96. The fourth-order valence-electron chi connectivity index (χ4n) is 10.2. The Balaban J connectivity index is 1.18. The summed E-state index contributed by atoms with van der Waals surface area (Å²) in [5.74, 6) is 0. The third-order valence-electron chi connectivity index (χ3n) is 13.1. The predicted octanol–water partition coefficient (Wildman–Crippen LogP) is 17.7. The van der Waals surface area contributed by atoms with Gasteiger partial charge in [0.2, 0.25) is 0 Å². The van der Waals surface area contributed by atoms with E-state index in [2.05, 4.69) is 149 Å². The van der Waals surface area contributed by atoms with Crippen LogP contribution in [-0.4, -0.2) is 0 Å². The molecule has 0 aliphatic heterocycles. The molecule has 0 N–H and O–H groups in total. The van der Waals surface area contributed by atoms with E-state index in [1.807, 2.05) is 72.8 Å². The molecule has 0 spiro atoms. The molecule has 13 rings (SSSR count). The van der Waals surface area contributed by atoms with E-state index >= 15 is 0 Å². The highest BCUT2D eigenvalue weighted by Crippen LogP contribution is 2.59. The highest BCUT2D eigenvalue weighted by atomic mass is 32.1. The van der Waals surface area contributed by atoms with Crippen LogP contribution in [0.2, 0.25) is 0 Å². The largest absolute Gasteiger partial charge is 0.310 e. The van der Waals surface area contributed by atoms with Gasteiger partial charge in [-0.2, -0.15) is 0 Å². The van der Waals surface area contributed by atoms with Gasteiger partial charge in [-0.1, -0.05) is 170 Å². The molecule has 11 aromatic carbocycles. The SMILES string of the molecule is [2H]c1c([2H])c([2H])c2c([2H])c(C3(c4ccc5c(c4)sc4ccccc45)c4ccc(N(c5ccccc5)c5ccccc5)cc4-c4cc(N(c5ccccc5)c5cccc6ccccc56)ccc43)c([2H])c([2H])c2c1[2H]. The Kier molecular flexibility index (Phi) is 7.41. The van der Waals surface area contributed by atoms with E-state index in [4.69, 9.17) is 4.11 Å². The van der Waals surface area contributed by atoms with Gasteiger partial charge in [0.15, 0.2) is 0 Å². The molecule has 0 saturated carbocycles. The lowest BCUT2D eigenvalue weighted by Gasteiger charge is -2.35. The minimum atomic E-state index is -1.44. The van der Waals surface area contributed by atoms with Crippen LogP contribution in [0, 0.1) is 0 Å². The Morgan fingerprint density at radius 3 is 1.62 bits per heavy atom. The summed E-state index contributed by atoms with van der Waals surface area (Å²) in [7, 11) is 0. The van der Waals surface area contributed by atoms with Crippen molar-refractivity contribution in [2.75, 3.05) is 9.80 Å². The number of anilines is 6. The lowest BCUT2D eigenvalue weighted by Crippen LogP contribution is -2.28. The smallest absolute Gasteiger partial charge is 0.0714 e. The first kappa shape index (κ1) is 31.6. The van der Waals surface area contributed by atoms with E-state index in [1.165, 1.54) is 0 Å². The standard InChI is InChI=1S/C63H42N2S/c1-4-21-48(22-5-1)64(49-23-6-2-7-24-49)51-34-37-58-56(41-51)57-42-52(65(50-25-8-3-9-26-50)60-29-16-20-44-18-12-13-27-53(44)60)35-38-59(57)63(58,46-32-31-43-17-10-11-19-45(43)39-46)47-33-36-55-54-28-14-15-30-61(54)66-62(55)40-47/h1-42H/i10D,11D,17D,19D,31D,32D,39D. The summed E-state index contributed by atoms with van der Waals surface area (Å²) in [6.07, 6.45) is 0. The summed E-state index contributed by atoms with van der Waals surface area (Å²) in [6, 6.07) is 70.3. The first-order valence-electron chi connectivity index (χ1n) is 25.6. The van der Waals surface area contributed by atoms with E-state index in [9.17, 15) is 5.48 Å². The second-order valence-corrected chi connectivity index (χ2v) is 17.8. The minimum absolute atomic E-state index is 0.0851. The molecule has 1 aliphatic carbocycles. The topological polar surface area (TPSA) is 6.48 Å². The number of hydrogen-bond donors (Lipinski definition) is 0. The summed E-state index contributed by atoms with van der Waals surface area (Å²) in [5, 5.41) is 4.15. The van der Waals surface area contributed by atoms with Crippen LogP contribution in [0.3, 0.4) is 0 Å². The van der Waals surface area contributed by atoms with Crippen LogP contribution >= 0.6 is 11.3 Å². The van der Waals surface area contributed by atoms with Crippen molar-refractivity contribution < 1.29 is 9.60 Å². The zero-order valence-corrected chi connectivity index (χ0v) is 36.3. The van der Waals surface area contributed by atoms with E-state index in [0.717, 1.165) is 92.9 Å². The molecule has 1 unspecified atom stereocenters. The predicted molar refractivity (Wildman–Crippen MR) is 281 cm³/mol. The summed E-state index contributed by atoms with van der Waals surface area (Å²) >= 11 is 1.67. The highest BCUT2D eigenvalue weighted by molar-refractivity contribution is 7.25. The highest BCUT2D eigenvalue weighted by Gasteiger charge is 2.47. The molecule has 1 heterocycles. The molecule has 1 aromatic heterocycles. The minimum Gasteiger partial charge on any atom is -0.310 e. The second kappa shape index (κ2) is 15.5. The number of nitrogens with zero attached hydrogens (tertiary/aromatic N) is 2. The summed E-state index contributed by atoms with van der Waals surface area (Å²) in [4.78, 5) is 4.50. The van der Waals surface area contributed by atoms with Crippen LogP contribution in [0.15, 0.2) is 255 Å². The normalized spacial score (nSPS) is 15.6. The molecule has 3 heteroatoms. The Labute approximate surface area is 398 Å². The number of hydrogen-bond acceptors (Lipinski definition) is 3. The number of fused-ring (bicyclic) bond motifs is 8. The zero-order chi connectivity index (χ0) is 49.7. The van der Waals surface area contributed by atoms with Gasteiger partial charge in [0.1, 0.15) is 0 Å².